The van der Waals surface area contributed by atoms with Crippen molar-refractivity contribution < 1.29 is 45.4 Å². The maximum absolute atomic E-state index is 14.6. The predicted octanol–water partition coefficient (Wildman–Crippen LogP) is 3.83. The molecule has 5 nitrogen and oxygen atoms in total. The second-order valence-corrected chi connectivity index (χ2v) is 10.3. The van der Waals surface area contributed by atoms with Gasteiger partial charge in [0.05, 0.1) is 19.3 Å². The lowest BCUT2D eigenvalue weighted by atomic mass is 9.77. The molecule has 0 radical (unpaired) electrons. The van der Waals surface area contributed by atoms with Crippen molar-refractivity contribution in [2.24, 2.45) is 0 Å². The number of alkyl halides is 7. The van der Waals surface area contributed by atoms with Crippen LogP contribution < -0.4 is 0 Å². The molecule has 200 valence electrons. The first kappa shape index (κ1) is 25.7. The third-order valence-electron chi connectivity index (χ3n) is 8.40. The van der Waals surface area contributed by atoms with Crippen LogP contribution in [0.25, 0.3) is 0 Å². The number of halogens is 7. The Morgan fingerprint density at radius 3 is 2.17 bits per heavy atom. The fourth-order valence-corrected chi connectivity index (χ4v) is 6.19. The zero-order valence-electron chi connectivity index (χ0n) is 19.3. The molecular formula is C24H27F7N2O3. The molecule has 12 heteroatoms. The van der Waals surface area contributed by atoms with Gasteiger partial charge in [0, 0.05) is 37.2 Å². The molecule has 0 saturated carbocycles. The zero-order valence-corrected chi connectivity index (χ0v) is 19.3. The van der Waals surface area contributed by atoms with E-state index >= 15 is 0 Å². The van der Waals surface area contributed by atoms with E-state index in [4.69, 9.17) is 4.74 Å². The first-order chi connectivity index (χ1) is 16.8. The van der Waals surface area contributed by atoms with Crippen molar-refractivity contribution in [2.75, 3.05) is 32.8 Å². The van der Waals surface area contributed by atoms with Crippen molar-refractivity contribution in [1.29, 1.82) is 0 Å². The van der Waals surface area contributed by atoms with E-state index in [1.54, 1.807) is 4.90 Å². The molecule has 3 fully saturated rings. The minimum atomic E-state index is -6.16. The number of hydrogen-bond acceptors (Lipinski definition) is 4. The number of likely N-dealkylation sites (tertiary alicyclic amines) is 2. The molecular weight excluding hydrogens is 497 g/mol. The largest absolute Gasteiger partial charge is 0.435 e. The topological polar surface area (TPSA) is 53.0 Å². The Labute approximate surface area is 203 Å². The summed E-state index contributed by atoms with van der Waals surface area (Å²) in [6, 6.07) is 2.34. The number of nitrogens with zero attached hydrogens (tertiary/aromatic N) is 2. The first-order valence-corrected chi connectivity index (χ1v) is 12.1. The molecule has 36 heavy (non-hydrogen) atoms. The predicted molar refractivity (Wildman–Crippen MR) is 113 cm³/mol. The zero-order chi connectivity index (χ0) is 26.1. The summed E-state index contributed by atoms with van der Waals surface area (Å²) in [5.74, 6) is -0.676. The molecule has 3 aliphatic heterocycles. The highest BCUT2D eigenvalue weighted by Gasteiger charge is 2.73. The molecule has 1 unspecified atom stereocenters. The summed E-state index contributed by atoms with van der Waals surface area (Å²) in [7, 11) is 0. The van der Waals surface area contributed by atoms with E-state index in [1.807, 2.05) is 0 Å². The van der Waals surface area contributed by atoms with Crippen molar-refractivity contribution in [3.63, 3.8) is 0 Å². The van der Waals surface area contributed by atoms with Gasteiger partial charge in [-0.25, -0.2) is 4.39 Å². The fraction of sp³-hybridized carbons (Fsp3) is 0.708. The quantitative estimate of drug-likeness (QED) is 0.611. The van der Waals surface area contributed by atoms with Gasteiger partial charge in [-0.05, 0) is 43.2 Å². The normalized spacial score (nSPS) is 27.4. The Hall–Kier alpha value is -1.92. The van der Waals surface area contributed by atoms with Crippen molar-refractivity contribution in [2.45, 2.75) is 73.7 Å². The summed E-state index contributed by atoms with van der Waals surface area (Å²) in [4.78, 5) is 17.2. The van der Waals surface area contributed by atoms with Gasteiger partial charge < -0.3 is 14.7 Å². The van der Waals surface area contributed by atoms with Crippen molar-refractivity contribution >= 4 is 5.91 Å². The lowest BCUT2D eigenvalue weighted by molar-refractivity contribution is -0.348. The monoisotopic (exact) mass is 524 g/mol. The number of carbonyl (C=O) groups excluding carboxylic acids is 1. The van der Waals surface area contributed by atoms with Gasteiger partial charge >= 0.3 is 18.0 Å². The van der Waals surface area contributed by atoms with Crippen LogP contribution in [0.3, 0.4) is 0 Å². The smallest absolute Gasteiger partial charge is 0.380 e. The number of hydrogen-bond donors (Lipinski definition) is 1. The standard InChI is InChI=1S/C24H27F7N2O3/c25-22(23(26,27)28,24(29,30)31)15-2-3-17-14(11-15)1-4-19-18(17)5-8-33(19)20(34)21(35)6-9-32(10-7-21)16-12-36-13-16/h2-3,11,16,18-19,35H,1,4-10,12-13H2/t18-,19?/m0/s1. The van der Waals surface area contributed by atoms with Crippen LogP contribution in [0.5, 0.6) is 0 Å². The van der Waals surface area contributed by atoms with Gasteiger partial charge in [-0.15, -0.1) is 0 Å². The van der Waals surface area contributed by atoms with Crippen LogP contribution >= 0.6 is 0 Å². The maximum Gasteiger partial charge on any atom is 0.435 e. The Morgan fingerprint density at radius 1 is 0.972 bits per heavy atom. The van der Waals surface area contributed by atoms with Crippen LogP contribution in [0, 0.1) is 0 Å². The van der Waals surface area contributed by atoms with Crippen LogP contribution in [-0.4, -0.2) is 83.7 Å². The molecule has 1 N–H and O–H groups in total. The molecule has 1 amide bonds. The average molecular weight is 524 g/mol. The number of ether oxygens (including phenoxy) is 1. The number of rotatable bonds is 3. The van der Waals surface area contributed by atoms with Crippen LogP contribution in [0.1, 0.15) is 48.3 Å². The van der Waals surface area contributed by atoms with Crippen LogP contribution in [0.2, 0.25) is 0 Å². The third kappa shape index (κ3) is 3.91. The van der Waals surface area contributed by atoms with Crippen LogP contribution in [-0.2, 0) is 21.6 Å². The number of benzene rings is 1. The molecule has 1 aliphatic carbocycles. The van der Waals surface area contributed by atoms with Crippen LogP contribution in [0.4, 0.5) is 30.7 Å². The number of piperidine rings is 1. The summed E-state index contributed by atoms with van der Waals surface area (Å²) >= 11 is 0. The number of carbonyl (C=O) groups is 1. The molecule has 0 bridgehead atoms. The highest BCUT2D eigenvalue weighted by Crippen LogP contribution is 2.54. The second-order valence-electron chi connectivity index (χ2n) is 10.3. The average Bonchev–Trinajstić information content (AvgIpc) is 3.21. The Kier molecular flexibility index (Phi) is 6.11. The number of amides is 1. The Bertz CT molecular complexity index is 1000. The highest BCUT2D eigenvalue weighted by atomic mass is 19.4. The van der Waals surface area contributed by atoms with Gasteiger partial charge in [0.1, 0.15) is 5.60 Å². The summed E-state index contributed by atoms with van der Waals surface area (Å²) < 4.78 is 99.0. The van der Waals surface area contributed by atoms with E-state index in [9.17, 15) is 40.6 Å². The summed E-state index contributed by atoms with van der Waals surface area (Å²) in [6.45, 7) is 2.73. The van der Waals surface area contributed by atoms with Crippen LogP contribution in [0.15, 0.2) is 18.2 Å². The number of aliphatic hydroxyl groups is 1. The van der Waals surface area contributed by atoms with Gasteiger partial charge in [0.25, 0.3) is 5.91 Å². The number of aryl methyl sites for hydroxylation is 1. The van der Waals surface area contributed by atoms with Crippen molar-refractivity contribution in [3.05, 3.63) is 34.9 Å². The maximum atomic E-state index is 14.6. The molecule has 2 atom stereocenters. The van der Waals surface area contributed by atoms with E-state index in [2.05, 4.69) is 4.90 Å². The molecule has 3 saturated heterocycles. The van der Waals surface area contributed by atoms with Gasteiger partial charge in [-0.2, -0.15) is 26.3 Å². The van der Waals surface area contributed by atoms with Crippen molar-refractivity contribution in [3.8, 4) is 0 Å². The molecule has 1 aromatic rings. The molecule has 0 aromatic heterocycles. The summed E-state index contributed by atoms with van der Waals surface area (Å²) in [5, 5.41) is 11.2. The van der Waals surface area contributed by atoms with E-state index < -0.39 is 29.2 Å². The van der Waals surface area contributed by atoms with E-state index in [1.165, 1.54) is 0 Å². The van der Waals surface area contributed by atoms with Gasteiger partial charge in [0.15, 0.2) is 0 Å². The van der Waals surface area contributed by atoms with Gasteiger partial charge in [-0.1, -0.05) is 18.2 Å². The minimum absolute atomic E-state index is 0.105. The highest BCUT2D eigenvalue weighted by molar-refractivity contribution is 5.86. The summed E-state index contributed by atoms with van der Waals surface area (Å²) in [6.07, 6.45) is -10.9. The van der Waals surface area contributed by atoms with Gasteiger partial charge in [0.2, 0.25) is 0 Å². The second kappa shape index (κ2) is 8.56. The van der Waals surface area contributed by atoms with E-state index in [0.29, 0.717) is 69.4 Å². The first-order valence-electron chi connectivity index (χ1n) is 12.1. The van der Waals surface area contributed by atoms with Crippen molar-refractivity contribution in [1.82, 2.24) is 9.80 Å². The molecule has 1 aromatic carbocycles. The third-order valence-corrected chi connectivity index (χ3v) is 8.40. The lowest BCUT2D eigenvalue weighted by Gasteiger charge is -2.45. The lowest BCUT2D eigenvalue weighted by Crippen LogP contribution is -2.60. The summed E-state index contributed by atoms with van der Waals surface area (Å²) in [5.41, 5.74) is -7.69. The molecule has 0 spiro atoms. The Balaban J connectivity index is 1.34. The number of fused-ring (bicyclic) bond motifs is 3. The fourth-order valence-electron chi connectivity index (χ4n) is 6.19. The minimum Gasteiger partial charge on any atom is -0.380 e. The van der Waals surface area contributed by atoms with Gasteiger partial charge in [-0.3, -0.25) is 9.69 Å². The Morgan fingerprint density at radius 2 is 1.61 bits per heavy atom. The van der Waals surface area contributed by atoms with E-state index in [-0.39, 0.29) is 42.7 Å². The van der Waals surface area contributed by atoms with E-state index in [0.717, 1.165) is 6.07 Å². The molecule has 5 rings (SSSR count). The SMILES string of the molecule is O=C(N1CC[C@H]2c3ccc(C(F)(C(F)(F)F)C(F)(F)F)cc3CCC21)C1(O)CCN(C2COC2)CC1. The molecule has 4 aliphatic rings. The molecule has 3 heterocycles.